The summed E-state index contributed by atoms with van der Waals surface area (Å²) in [5.41, 5.74) is 0.765. The summed E-state index contributed by atoms with van der Waals surface area (Å²) in [6, 6.07) is 7.97. The Hall–Kier alpha value is -1.96. The van der Waals surface area contributed by atoms with E-state index in [-0.39, 0.29) is 11.8 Å². The van der Waals surface area contributed by atoms with Gasteiger partial charge in [0.25, 0.3) is 0 Å². The fraction of sp³-hybridized carbons (Fsp3) is 0.500. The third kappa shape index (κ3) is 3.85. The molecule has 0 aliphatic carbocycles. The maximum absolute atomic E-state index is 13.0. The van der Waals surface area contributed by atoms with E-state index in [2.05, 4.69) is 15.2 Å². The lowest BCUT2D eigenvalue weighted by molar-refractivity contribution is -0.131. The first-order valence-corrected chi connectivity index (χ1v) is 10.2. The smallest absolute Gasteiger partial charge is 0.230 e. The van der Waals surface area contributed by atoms with Gasteiger partial charge in [-0.2, -0.15) is 0 Å². The van der Waals surface area contributed by atoms with Crippen molar-refractivity contribution >= 4 is 17.2 Å². The average Bonchev–Trinajstić information content (AvgIpc) is 3.39. The molecule has 1 amide bonds. The Balaban J connectivity index is 1.33. The van der Waals surface area contributed by atoms with E-state index in [1.165, 1.54) is 5.56 Å². The zero-order valence-corrected chi connectivity index (χ0v) is 16.3. The van der Waals surface area contributed by atoms with Gasteiger partial charge in [-0.1, -0.05) is 12.1 Å². The van der Waals surface area contributed by atoms with Gasteiger partial charge < -0.3 is 14.8 Å². The van der Waals surface area contributed by atoms with Crippen LogP contribution in [0.4, 0.5) is 0 Å². The standard InChI is InChI=1S/C20H25N3O3S/c1-25-17-4-2-15(3-5-17)6-7-22-19(24)20-13-23(10-16(20)12-26-14-20)11-18-21-8-9-27-18/h2-5,8-9,16H,6-7,10-14H2,1H3,(H,22,24)/t16-,20-/m1/s1. The molecule has 2 saturated heterocycles. The van der Waals surface area contributed by atoms with Gasteiger partial charge >= 0.3 is 0 Å². The van der Waals surface area contributed by atoms with Crippen LogP contribution in [0.25, 0.3) is 0 Å². The van der Waals surface area contributed by atoms with Crippen LogP contribution in [0, 0.1) is 11.3 Å². The fourth-order valence-corrected chi connectivity index (χ4v) is 4.75. The van der Waals surface area contributed by atoms with Crippen LogP contribution in [0.2, 0.25) is 0 Å². The van der Waals surface area contributed by atoms with Crippen molar-refractivity contribution in [3.63, 3.8) is 0 Å². The highest BCUT2D eigenvalue weighted by Crippen LogP contribution is 2.42. The van der Waals surface area contributed by atoms with Crippen LogP contribution in [0.15, 0.2) is 35.8 Å². The number of hydrogen-bond donors (Lipinski definition) is 1. The number of fused-ring (bicyclic) bond motifs is 1. The van der Waals surface area contributed by atoms with Crippen molar-refractivity contribution in [2.24, 2.45) is 11.3 Å². The van der Waals surface area contributed by atoms with E-state index in [0.29, 0.717) is 19.8 Å². The molecule has 1 N–H and O–H groups in total. The van der Waals surface area contributed by atoms with Gasteiger partial charge in [0.15, 0.2) is 0 Å². The van der Waals surface area contributed by atoms with Gasteiger partial charge in [-0.3, -0.25) is 9.69 Å². The molecule has 2 atom stereocenters. The number of aromatic nitrogens is 1. The molecule has 0 unspecified atom stereocenters. The van der Waals surface area contributed by atoms with Crippen molar-refractivity contribution in [3.8, 4) is 5.75 Å². The number of hydrogen-bond acceptors (Lipinski definition) is 6. The highest BCUT2D eigenvalue weighted by atomic mass is 32.1. The number of carbonyl (C=O) groups excluding carboxylic acids is 1. The summed E-state index contributed by atoms with van der Waals surface area (Å²) in [6.07, 6.45) is 2.64. The van der Waals surface area contributed by atoms with E-state index < -0.39 is 5.41 Å². The monoisotopic (exact) mass is 387 g/mol. The molecule has 2 aromatic rings. The molecule has 0 spiro atoms. The van der Waals surface area contributed by atoms with E-state index in [9.17, 15) is 4.79 Å². The third-order valence-electron chi connectivity index (χ3n) is 5.60. The molecule has 0 saturated carbocycles. The second-order valence-corrected chi connectivity index (χ2v) is 8.30. The quantitative estimate of drug-likeness (QED) is 0.787. The number of rotatable bonds is 7. The minimum absolute atomic E-state index is 0.125. The van der Waals surface area contributed by atoms with Crippen LogP contribution in [0.5, 0.6) is 5.75 Å². The van der Waals surface area contributed by atoms with E-state index in [1.807, 2.05) is 35.8 Å². The zero-order valence-electron chi connectivity index (χ0n) is 15.5. The molecule has 1 aromatic heterocycles. The first kappa shape index (κ1) is 18.4. The highest BCUT2D eigenvalue weighted by Gasteiger charge is 2.55. The molecule has 0 bridgehead atoms. The van der Waals surface area contributed by atoms with Crippen molar-refractivity contribution in [2.75, 3.05) is 40.0 Å². The highest BCUT2D eigenvalue weighted by molar-refractivity contribution is 7.09. The second kappa shape index (κ2) is 7.96. The van der Waals surface area contributed by atoms with Gasteiger partial charge in [-0.15, -0.1) is 11.3 Å². The van der Waals surface area contributed by atoms with Crippen molar-refractivity contribution in [3.05, 3.63) is 46.4 Å². The summed E-state index contributed by atoms with van der Waals surface area (Å²) in [6.45, 7) is 4.26. The maximum atomic E-state index is 13.0. The fourth-order valence-electron chi connectivity index (χ4n) is 4.09. The van der Waals surface area contributed by atoms with Crippen molar-refractivity contribution in [1.29, 1.82) is 0 Å². The first-order valence-electron chi connectivity index (χ1n) is 9.29. The summed E-state index contributed by atoms with van der Waals surface area (Å²) in [4.78, 5) is 19.8. The molecule has 27 heavy (non-hydrogen) atoms. The lowest BCUT2D eigenvalue weighted by Crippen LogP contribution is -2.47. The van der Waals surface area contributed by atoms with Crippen LogP contribution in [-0.2, 0) is 22.5 Å². The maximum Gasteiger partial charge on any atom is 0.230 e. The summed E-state index contributed by atoms with van der Waals surface area (Å²) < 4.78 is 10.9. The predicted octanol–water partition coefficient (Wildman–Crippen LogP) is 1.96. The second-order valence-electron chi connectivity index (χ2n) is 7.32. The van der Waals surface area contributed by atoms with Crippen LogP contribution in [-0.4, -0.2) is 55.7 Å². The van der Waals surface area contributed by atoms with Gasteiger partial charge in [-0.05, 0) is 24.1 Å². The van der Waals surface area contributed by atoms with Crippen LogP contribution >= 0.6 is 11.3 Å². The summed E-state index contributed by atoms with van der Waals surface area (Å²) in [5.74, 6) is 1.23. The summed E-state index contributed by atoms with van der Waals surface area (Å²) in [5, 5.41) is 6.25. The first-order chi connectivity index (χ1) is 13.2. The summed E-state index contributed by atoms with van der Waals surface area (Å²) in [7, 11) is 1.66. The molecule has 7 heteroatoms. The number of methoxy groups -OCH3 is 1. The summed E-state index contributed by atoms with van der Waals surface area (Å²) >= 11 is 1.67. The number of ether oxygens (including phenoxy) is 2. The number of carbonyl (C=O) groups is 1. The Labute approximate surface area is 163 Å². The molecule has 144 valence electrons. The number of thiazole rings is 1. The third-order valence-corrected chi connectivity index (χ3v) is 6.36. The lowest BCUT2D eigenvalue weighted by atomic mass is 9.80. The Kier molecular flexibility index (Phi) is 5.43. The van der Waals surface area contributed by atoms with Gasteiger partial charge in [0, 0.05) is 37.1 Å². The minimum Gasteiger partial charge on any atom is -0.497 e. The molecule has 3 heterocycles. The topological polar surface area (TPSA) is 63.7 Å². The lowest BCUT2D eigenvalue weighted by Gasteiger charge is -2.26. The number of likely N-dealkylation sites (tertiary alicyclic amines) is 1. The van der Waals surface area contributed by atoms with E-state index in [0.717, 1.165) is 36.8 Å². The van der Waals surface area contributed by atoms with E-state index in [1.54, 1.807) is 18.4 Å². The largest absolute Gasteiger partial charge is 0.497 e. The number of amides is 1. The molecule has 2 fully saturated rings. The molecular formula is C20H25N3O3S. The molecule has 0 radical (unpaired) electrons. The van der Waals surface area contributed by atoms with E-state index >= 15 is 0 Å². The Bertz CT molecular complexity index is 765. The van der Waals surface area contributed by atoms with Crippen LogP contribution in [0.3, 0.4) is 0 Å². The van der Waals surface area contributed by atoms with Crippen molar-refractivity contribution in [1.82, 2.24) is 15.2 Å². The van der Waals surface area contributed by atoms with Gasteiger partial charge in [0.2, 0.25) is 5.91 Å². The van der Waals surface area contributed by atoms with Crippen LogP contribution in [0.1, 0.15) is 10.6 Å². The predicted molar refractivity (Wildman–Crippen MR) is 104 cm³/mol. The molecule has 2 aliphatic heterocycles. The number of nitrogens with one attached hydrogen (secondary N) is 1. The molecule has 1 aromatic carbocycles. The molecule has 4 rings (SSSR count). The minimum atomic E-state index is -0.419. The van der Waals surface area contributed by atoms with E-state index in [4.69, 9.17) is 9.47 Å². The normalized spacial score (nSPS) is 24.7. The zero-order chi connectivity index (χ0) is 18.7. The SMILES string of the molecule is COc1ccc(CCNC(=O)[C@]23COC[C@H]2CN(Cc2nccs2)C3)cc1. The molecule has 2 aliphatic rings. The number of benzene rings is 1. The average molecular weight is 388 g/mol. The molecular weight excluding hydrogens is 362 g/mol. The Morgan fingerprint density at radius 3 is 3.04 bits per heavy atom. The number of nitrogens with zero attached hydrogens (tertiary/aromatic N) is 2. The van der Waals surface area contributed by atoms with Gasteiger partial charge in [0.05, 0.1) is 32.3 Å². The Morgan fingerprint density at radius 1 is 1.44 bits per heavy atom. The van der Waals surface area contributed by atoms with Crippen molar-refractivity contribution in [2.45, 2.75) is 13.0 Å². The molecule has 6 nitrogen and oxygen atoms in total. The van der Waals surface area contributed by atoms with Gasteiger partial charge in [-0.25, -0.2) is 4.98 Å². The Morgan fingerprint density at radius 2 is 2.30 bits per heavy atom. The van der Waals surface area contributed by atoms with Crippen LogP contribution < -0.4 is 10.1 Å². The van der Waals surface area contributed by atoms with Gasteiger partial charge in [0.1, 0.15) is 10.8 Å². The van der Waals surface area contributed by atoms with Crippen molar-refractivity contribution < 1.29 is 14.3 Å².